The third-order valence-corrected chi connectivity index (χ3v) is 3.71. The molecule has 2 aromatic rings. The minimum absolute atomic E-state index is 0.793. The van der Waals surface area contributed by atoms with Crippen molar-refractivity contribution in [1.82, 2.24) is 0 Å². The maximum atomic E-state index is 5.75. The largest absolute Gasteiger partial charge is 0.399 e. The summed E-state index contributed by atoms with van der Waals surface area (Å²) in [6, 6.07) is 14.5. The van der Waals surface area contributed by atoms with E-state index in [0.29, 0.717) is 0 Å². The van der Waals surface area contributed by atoms with E-state index in [1.807, 2.05) is 12.1 Å². The van der Waals surface area contributed by atoms with Gasteiger partial charge in [0, 0.05) is 5.69 Å². The SMILES string of the molecule is C=C(C)CCC(=C)c1ccc(-c2ccc(N)cc2)c(C)c1. The first-order valence-corrected chi connectivity index (χ1v) is 7.26. The van der Waals surface area contributed by atoms with Crippen molar-refractivity contribution in [3.05, 3.63) is 72.3 Å². The van der Waals surface area contributed by atoms with Gasteiger partial charge in [0.1, 0.15) is 0 Å². The highest BCUT2D eigenvalue weighted by Crippen LogP contribution is 2.28. The van der Waals surface area contributed by atoms with Crippen LogP contribution in [0.3, 0.4) is 0 Å². The Kier molecular flexibility index (Phi) is 4.64. The maximum absolute atomic E-state index is 5.75. The van der Waals surface area contributed by atoms with Gasteiger partial charge in [-0.3, -0.25) is 0 Å². The third-order valence-electron chi connectivity index (χ3n) is 3.71. The van der Waals surface area contributed by atoms with Crippen LogP contribution in [0.15, 0.2) is 61.2 Å². The fourth-order valence-corrected chi connectivity index (χ4v) is 2.38. The predicted octanol–water partition coefficient (Wildman–Crippen LogP) is 5.61. The molecule has 0 aliphatic heterocycles. The summed E-state index contributed by atoms with van der Waals surface area (Å²) in [5, 5.41) is 0. The molecule has 0 saturated carbocycles. The molecule has 0 amide bonds. The molecule has 0 atom stereocenters. The zero-order valence-corrected chi connectivity index (χ0v) is 12.9. The molecule has 0 unspecified atom stereocenters. The number of anilines is 1. The van der Waals surface area contributed by atoms with Gasteiger partial charge in [0.2, 0.25) is 0 Å². The predicted molar refractivity (Wildman–Crippen MR) is 94.1 cm³/mol. The molecule has 0 saturated heterocycles. The Morgan fingerprint density at radius 3 is 2.24 bits per heavy atom. The molecule has 2 N–H and O–H groups in total. The Morgan fingerprint density at radius 2 is 1.67 bits per heavy atom. The second-order valence-corrected chi connectivity index (χ2v) is 5.71. The number of allylic oxidation sites excluding steroid dienone is 2. The Balaban J connectivity index is 2.23. The summed E-state index contributed by atoms with van der Waals surface area (Å²) < 4.78 is 0. The lowest BCUT2D eigenvalue weighted by molar-refractivity contribution is 1.000. The van der Waals surface area contributed by atoms with E-state index in [1.54, 1.807) is 0 Å². The lowest BCUT2D eigenvalue weighted by atomic mass is 9.94. The maximum Gasteiger partial charge on any atom is 0.0314 e. The summed E-state index contributed by atoms with van der Waals surface area (Å²) in [4.78, 5) is 0. The number of rotatable bonds is 5. The summed E-state index contributed by atoms with van der Waals surface area (Å²) in [6.07, 6.45) is 1.97. The van der Waals surface area contributed by atoms with E-state index in [1.165, 1.54) is 33.4 Å². The first-order chi connectivity index (χ1) is 9.97. The van der Waals surface area contributed by atoms with E-state index >= 15 is 0 Å². The molecule has 1 heteroatoms. The molecular weight excluding hydrogens is 254 g/mol. The number of benzene rings is 2. The molecular formula is C20H23N. The highest BCUT2D eigenvalue weighted by molar-refractivity contribution is 5.73. The van der Waals surface area contributed by atoms with Crippen LogP contribution in [0.1, 0.15) is 30.9 Å². The van der Waals surface area contributed by atoms with Crippen LogP contribution in [0.5, 0.6) is 0 Å². The quantitative estimate of drug-likeness (QED) is 0.557. The van der Waals surface area contributed by atoms with Crippen LogP contribution >= 0.6 is 0 Å². The Labute approximate surface area is 127 Å². The first kappa shape index (κ1) is 15.1. The van der Waals surface area contributed by atoms with Crippen LogP contribution in [0.4, 0.5) is 5.69 Å². The van der Waals surface area contributed by atoms with Gasteiger partial charge < -0.3 is 5.73 Å². The summed E-state index contributed by atoms with van der Waals surface area (Å²) >= 11 is 0. The minimum Gasteiger partial charge on any atom is -0.399 e. The average molecular weight is 277 g/mol. The topological polar surface area (TPSA) is 26.0 Å². The van der Waals surface area contributed by atoms with Gasteiger partial charge in [-0.15, -0.1) is 6.58 Å². The number of nitrogen functional groups attached to an aromatic ring is 1. The average Bonchev–Trinajstić information content (AvgIpc) is 2.45. The molecule has 1 nitrogen and oxygen atoms in total. The van der Waals surface area contributed by atoms with E-state index in [2.05, 4.69) is 57.3 Å². The van der Waals surface area contributed by atoms with Crippen molar-refractivity contribution in [3.63, 3.8) is 0 Å². The number of nitrogens with two attached hydrogens (primary N) is 1. The van der Waals surface area contributed by atoms with Crippen molar-refractivity contribution in [3.8, 4) is 11.1 Å². The Morgan fingerprint density at radius 1 is 1.00 bits per heavy atom. The molecule has 0 radical (unpaired) electrons. The van der Waals surface area contributed by atoms with E-state index in [0.717, 1.165) is 18.5 Å². The zero-order valence-electron chi connectivity index (χ0n) is 12.9. The molecule has 0 aliphatic carbocycles. The highest BCUT2D eigenvalue weighted by Gasteiger charge is 2.05. The van der Waals surface area contributed by atoms with Gasteiger partial charge in [0.15, 0.2) is 0 Å². The molecule has 0 aliphatic rings. The second-order valence-electron chi connectivity index (χ2n) is 5.71. The first-order valence-electron chi connectivity index (χ1n) is 7.26. The molecule has 0 bridgehead atoms. The van der Waals surface area contributed by atoms with Crippen molar-refractivity contribution in [2.24, 2.45) is 0 Å². The van der Waals surface area contributed by atoms with Crippen LogP contribution < -0.4 is 5.73 Å². The lowest BCUT2D eigenvalue weighted by Gasteiger charge is -2.11. The van der Waals surface area contributed by atoms with Gasteiger partial charge in [-0.2, -0.15) is 0 Å². The number of hydrogen-bond acceptors (Lipinski definition) is 1. The van der Waals surface area contributed by atoms with Crippen LogP contribution in [-0.4, -0.2) is 0 Å². The van der Waals surface area contributed by atoms with E-state index in [-0.39, 0.29) is 0 Å². The Bertz CT molecular complexity index is 663. The molecule has 0 heterocycles. The summed E-state index contributed by atoms with van der Waals surface area (Å²) in [6.45, 7) is 12.3. The van der Waals surface area contributed by atoms with E-state index < -0.39 is 0 Å². The monoisotopic (exact) mass is 277 g/mol. The number of aryl methyl sites for hydroxylation is 1. The van der Waals surface area contributed by atoms with Crippen LogP contribution in [0.25, 0.3) is 16.7 Å². The Hall–Kier alpha value is -2.28. The molecule has 108 valence electrons. The van der Waals surface area contributed by atoms with Crippen molar-refractivity contribution >= 4 is 11.3 Å². The van der Waals surface area contributed by atoms with Crippen LogP contribution in [0, 0.1) is 6.92 Å². The summed E-state index contributed by atoms with van der Waals surface area (Å²) in [5.74, 6) is 0. The summed E-state index contributed by atoms with van der Waals surface area (Å²) in [5.41, 5.74) is 13.8. The van der Waals surface area contributed by atoms with Crippen molar-refractivity contribution in [2.45, 2.75) is 26.7 Å². The van der Waals surface area contributed by atoms with Gasteiger partial charge in [-0.25, -0.2) is 0 Å². The molecule has 0 aromatic heterocycles. The van der Waals surface area contributed by atoms with Crippen LogP contribution in [0.2, 0.25) is 0 Å². The fraction of sp³-hybridized carbons (Fsp3) is 0.200. The minimum atomic E-state index is 0.793. The van der Waals surface area contributed by atoms with Gasteiger partial charge in [0.05, 0.1) is 0 Å². The molecule has 2 aromatic carbocycles. The van der Waals surface area contributed by atoms with Crippen LogP contribution in [-0.2, 0) is 0 Å². The molecule has 2 rings (SSSR count). The normalized spacial score (nSPS) is 10.4. The van der Waals surface area contributed by atoms with Gasteiger partial charge in [-0.05, 0) is 66.6 Å². The molecule has 0 spiro atoms. The van der Waals surface area contributed by atoms with Gasteiger partial charge in [0.25, 0.3) is 0 Å². The van der Waals surface area contributed by atoms with E-state index in [4.69, 9.17) is 5.73 Å². The molecule has 21 heavy (non-hydrogen) atoms. The smallest absolute Gasteiger partial charge is 0.0314 e. The summed E-state index contributed by atoms with van der Waals surface area (Å²) in [7, 11) is 0. The number of hydrogen-bond donors (Lipinski definition) is 1. The molecule has 0 fully saturated rings. The van der Waals surface area contributed by atoms with Crippen molar-refractivity contribution < 1.29 is 0 Å². The fourth-order valence-electron chi connectivity index (χ4n) is 2.38. The van der Waals surface area contributed by atoms with Gasteiger partial charge in [-0.1, -0.05) is 42.5 Å². The van der Waals surface area contributed by atoms with Crippen molar-refractivity contribution in [1.29, 1.82) is 0 Å². The lowest BCUT2D eigenvalue weighted by Crippen LogP contribution is -1.90. The highest BCUT2D eigenvalue weighted by atomic mass is 14.5. The van der Waals surface area contributed by atoms with Crippen molar-refractivity contribution in [2.75, 3.05) is 5.73 Å². The third kappa shape index (κ3) is 3.85. The van der Waals surface area contributed by atoms with Gasteiger partial charge >= 0.3 is 0 Å². The van der Waals surface area contributed by atoms with E-state index in [9.17, 15) is 0 Å². The standard InChI is InChI=1S/C20H23N/c1-14(2)5-6-15(3)18-9-12-20(16(4)13-18)17-7-10-19(21)11-8-17/h7-13H,1,3,5-6,21H2,2,4H3. The zero-order chi connectivity index (χ0) is 15.4. The second kappa shape index (κ2) is 6.45.